The summed E-state index contributed by atoms with van der Waals surface area (Å²) < 4.78 is 0. The first-order valence-corrected chi connectivity index (χ1v) is 2.00. The van der Waals surface area contributed by atoms with E-state index in [1.54, 1.807) is 0 Å². The first-order chi connectivity index (χ1) is 2.91. The number of hydrogen-bond donors (Lipinski definition) is 0. The van der Waals surface area contributed by atoms with Crippen molar-refractivity contribution in [3.05, 3.63) is 12.7 Å². The van der Waals surface area contributed by atoms with E-state index >= 15 is 0 Å². The average molecular weight is 98.0 g/mol. The standard InChI is InChI=1S/C5H8O.2Li/c1-2-3-4-5-6;;/h1,3-5H2;;/q-2;2*+1. The molecule has 0 N–H and O–H groups in total. The van der Waals surface area contributed by atoms with Gasteiger partial charge in [-0.2, -0.15) is 6.42 Å². The summed E-state index contributed by atoms with van der Waals surface area (Å²) in [7, 11) is 0. The van der Waals surface area contributed by atoms with Crippen molar-refractivity contribution in [2.75, 3.05) is 6.61 Å². The molecule has 0 aliphatic heterocycles. The van der Waals surface area contributed by atoms with E-state index in [1.165, 1.54) is 0 Å². The molecular weight excluding hydrogens is 89.9 g/mol. The normalized spacial score (nSPS) is 6.12. The van der Waals surface area contributed by atoms with Gasteiger partial charge in [0.1, 0.15) is 0 Å². The summed E-state index contributed by atoms with van der Waals surface area (Å²) in [4.78, 5) is 0. The van der Waals surface area contributed by atoms with Crippen LogP contribution in [-0.4, -0.2) is 6.61 Å². The van der Waals surface area contributed by atoms with E-state index in [9.17, 15) is 5.11 Å². The maximum absolute atomic E-state index is 9.62. The molecule has 36 valence electrons. The molecule has 0 unspecified atom stereocenters. The second-order valence-corrected chi connectivity index (χ2v) is 1.06. The Morgan fingerprint density at radius 3 is 2.00 bits per heavy atom. The number of rotatable bonds is 3. The number of unbranched alkanes of at least 4 members (excludes halogenated alkanes) is 1. The molecule has 0 amide bonds. The summed E-state index contributed by atoms with van der Waals surface area (Å²) in [6.45, 7) is 3.34. The van der Waals surface area contributed by atoms with Crippen molar-refractivity contribution >= 4 is 0 Å². The van der Waals surface area contributed by atoms with E-state index in [4.69, 9.17) is 0 Å². The van der Waals surface area contributed by atoms with Gasteiger partial charge in [-0.25, -0.2) is 0 Å². The van der Waals surface area contributed by atoms with Gasteiger partial charge in [0.25, 0.3) is 0 Å². The molecular formula is C5H8Li2O. The van der Waals surface area contributed by atoms with Crippen LogP contribution < -0.4 is 42.8 Å². The Bertz CT molecular complexity index is 39.4. The van der Waals surface area contributed by atoms with Gasteiger partial charge < -0.3 is 11.2 Å². The fourth-order valence-corrected chi connectivity index (χ4v) is 0.197. The third-order valence-corrected chi connectivity index (χ3v) is 0.498. The van der Waals surface area contributed by atoms with E-state index in [0.29, 0.717) is 6.42 Å². The molecule has 0 bridgehead atoms. The van der Waals surface area contributed by atoms with Gasteiger partial charge in [-0.3, -0.25) is 6.58 Å². The van der Waals surface area contributed by atoms with Crippen LogP contribution in [-0.2, 0) is 0 Å². The largest absolute Gasteiger partial charge is 1.00 e. The molecule has 0 heterocycles. The van der Waals surface area contributed by atoms with E-state index in [2.05, 4.69) is 12.7 Å². The van der Waals surface area contributed by atoms with Gasteiger partial charge >= 0.3 is 37.7 Å². The molecule has 0 aliphatic rings. The zero-order valence-corrected chi connectivity index (χ0v) is 5.74. The number of hydrogen-bond acceptors (Lipinski definition) is 1. The van der Waals surface area contributed by atoms with Gasteiger partial charge in [-0.15, -0.1) is 6.61 Å². The Morgan fingerprint density at radius 1 is 1.38 bits per heavy atom. The molecule has 0 spiro atoms. The molecule has 8 heavy (non-hydrogen) atoms. The van der Waals surface area contributed by atoms with Crippen LogP contribution in [0.2, 0.25) is 0 Å². The zero-order chi connectivity index (χ0) is 4.83. The first kappa shape index (κ1) is 16.0. The van der Waals surface area contributed by atoms with E-state index in [1.807, 2.05) is 0 Å². The Morgan fingerprint density at radius 2 is 1.88 bits per heavy atom. The van der Waals surface area contributed by atoms with Crippen LogP contribution in [0.15, 0.2) is 6.58 Å². The van der Waals surface area contributed by atoms with Crippen LogP contribution >= 0.6 is 0 Å². The van der Waals surface area contributed by atoms with Gasteiger partial charge in [0.15, 0.2) is 0 Å². The van der Waals surface area contributed by atoms with Gasteiger partial charge in [0.2, 0.25) is 0 Å². The minimum Gasteiger partial charge on any atom is -0.854 e. The smallest absolute Gasteiger partial charge is 0.854 e. The second kappa shape index (κ2) is 15.7. The fourth-order valence-electron chi connectivity index (χ4n) is 0.197. The van der Waals surface area contributed by atoms with E-state index in [-0.39, 0.29) is 44.3 Å². The van der Waals surface area contributed by atoms with Crippen molar-refractivity contribution in [3.8, 4) is 0 Å². The molecule has 0 aliphatic carbocycles. The van der Waals surface area contributed by atoms with Crippen molar-refractivity contribution in [1.29, 1.82) is 0 Å². The Kier molecular flexibility index (Phi) is 31.2. The topological polar surface area (TPSA) is 23.1 Å². The minimum atomic E-state index is 0. The SMILES string of the molecule is C=[C-]CCC[O-].[Li+].[Li+]. The van der Waals surface area contributed by atoms with Crippen molar-refractivity contribution < 1.29 is 42.8 Å². The van der Waals surface area contributed by atoms with Crippen LogP contribution in [0.1, 0.15) is 12.8 Å². The van der Waals surface area contributed by atoms with Gasteiger partial charge in [-0.1, -0.05) is 6.42 Å². The first-order valence-electron chi connectivity index (χ1n) is 2.00. The molecule has 0 rings (SSSR count). The Labute approximate surface area is 74.9 Å². The number of allylic oxidation sites excluding steroid dienone is 1. The van der Waals surface area contributed by atoms with Crippen LogP contribution in [0.25, 0.3) is 0 Å². The summed E-state index contributed by atoms with van der Waals surface area (Å²) >= 11 is 0. The quantitative estimate of drug-likeness (QED) is 0.196. The Hall–Kier alpha value is 0.895. The average Bonchev–Trinajstić information content (AvgIpc) is 1.61. The monoisotopic (exact) mass is 98.1 g/mol. The predicted octanol–water partition coefficient (Wildman–Crippen LogP) is -5.88. The Balaban J connectivity index is -0.000000125. The predicted molar refractivity (Wildman–Crippen MR) is 23.0 cm³/mol. The third-order valence-electron chi connectivity index (χ3n) is 0.498. The maximum Gasteiger partial charge on any atom is 1.00 e. The molecule has 0 fully saturated rings. The van der Waals surface area contributed by atoms with Crippen molar-refractivity contribution in [2.45, 2.75) is 12.8 Å². The van der Waals surface area contributed by atoms with E-state index < -0.39 is 0 Å². The molecule has 1 nitrogen and oxygen atoms in total. The minimum absolute atomic E-state index is 0. The van der Waals surface area contributed by atoms with Crippen LogP contribution in [0.4, 0.5) is 0 Å². The molecule has 0 aromatic carbocycles. The van der Waals surface area contributed by atoms with Crippen LogP contribution in [0.3, 0.4) is 0 Å². The summed E-state index contributed by atoms with van der Waals surface area (Å²) in [5.74, 6) is 0. The zero-order valence-electron chi connectivity index (χ0n) is 5.74. The van der Waals surface area contributed by atoms with Gasteiger partial charge in [-0.05, 0) is 0 Å². The molecule has 0 aromatic heterocycles. The van der Waals surface area contributed by atoms with Crippen LogP contribution in [0, 0.1) is 6.08 Å². The van der Waals surface area contributed by atoms with Gasteiger partial charge in [0, 0.05) is 0 Å². The molecule has 3 heteroatoms. The maximum atomic E-state index is 9.62. The van der Waals surface area contributed by atoms with Crippen molar-refractivity contribution in [1.82, 2.24) is 0 Å². The molecule has 0 aromatic rings. The molecule has 0 saturated carbocycles. The molecule has 0 radical (unpaired) electrons. The van der Waals surface area contributed by atoms with Crippen LogP contribution in [0.5, 0.6) is 0 Å². The summed E-state index contributed by atoms with van der Waals surface area (Å²) in [6, 6.07) is 0. The molecule has 0 saturated heterocycles. The summed E-state index contributed by atoms with van der Waals surface area (Å²) in [6.07, 6.45) is 4.04. The van der Waals surface area contributed by atoms with E-state index in [0.717, 1.165) is 6.42 Å². The summed E-state index contributed by atoms with van der Waals surface area (Å²) in [5, 5.41) is 9.62. The molecule has 0 atom stereocenters. The van der Waals surface area contributed by atoms with Crippen molar-refractivity contribution in [3.63, 3.8) is 0 Å². The fraction of sp³-hybridized carbons (Fsp3) is 0.600. The third kappa shape index (κ3) is 15.8. The second-order valence-electron chi connectivity index (χ2n) is 1.06. The summed E-state index contributed by atoms with van der Waals surface area (Å²) in [5.41, 5.74) is 0. The van der Waals surface area contributed by atoms with Gasteiger partial charge in [0.05, 0.1) is 0 Å². The van der Waals surface area contributed by atoms with Crippen molar-refractivity contribution in [2.24, 2.45) is 0 Å².